The minimum absolute atomic E-state index is 0.0363. The molecule has 39 heavy (non-hydrogen) atoms. The monoisotopic (exact) mass is 593 g/mol. The van der Waals surface area contributed by atoms with Crippen LogP contribution in [0.15, 0.2) is 33.5 Å². The number of fused-ring (bicyclic) bond motifs is 2. The van der Waals surface area contributed by atoms with Gasteiger partial charge in [-0.15, -0.1) is 11.3 Å². The Balaban J connectivity index is 1.42. The van der Waals surface area contributed by atoms with E-state index in [1.165, 1.54) is 34.3 Å². The summed E-state index contributed by atoms with van der Waals surface area (Å²) in [6.45, 7) is 5.49. The van der Waals surface area contributed by atoms with Crippen LogP contribution in [-0.2, 0) is 41.0 Å². The van der Waals surface area contributed by atoms with Gasteiger partial charge in [0.25, 0.3) is 6.47 Å². The molecular weight excluding hydrogens is 563 g/mol. The number of carbonyl (C=O) groups excluding carboxylic acids is 3. The fourth-order valence-electron chi connectivity index (χ4n) is 5.49. The molecule has 4 heterocycles. The molecule has 1 atom stereocenters. The minimum Gasteiger partial charge on any atom is -0.456 e. The van der Waals surface area contributed by atoms with Crippen molar-refractivity contribution in [3.8, 4) is 0 Å². The summed E-state index contributed by atoms with van der Waals surface area (Å²) in [4.78, 5) is 46.3. The molecule has 5 rings (SSSR count). The van der Waals surface area contributed by atoms with Gasteiger partial charge in [0.1, 0.15) is 10.9 Å². The largest absolute Gasteiger partial charge is 0.456 e. The van der Waals surface area contributed by atoms with E-state index in [1.807, 2.05) is 7.05 Å². The summed E-state index contributed by atoms with van der Waals surface area (Å²) in [6, 6.07) is 5.06. The first kappa shape index (κ1) is 28.0. The Morgan fingerprint density at radius 2 is 1.95 bits per heavy atom. The van der Waals surface area contributed by atoms with E-state index in [4.69, 9.17) is 4.74 Å². The maximum Gasteiger partial charge on any atom is 0.293 e. The summed E-state index contributed by atoms with van der Waals surface area (Å²) in [5.74, 6) is -0.00229. The molecule has 0 bridgehead atoms. The van der Waals surface area contributed by atoms with E-state index in [0.717, 1.165) is 9.77 Å². The molecular formula is C25H31N5O6S3. The van der Waals surface area contributed by atoms with E-state index in [0.29, 0.717) is 69.4 Å². The lowest BCUT2D eigenvalue weighted by Gasteiger charge is -2.32. The SMILES string of the molecule is CC(=O)N1CCC2(C1)CN(C(=O)Cc1ncc(SCOC=O)s1)c1ccc(S(=O)(=O)N3CCN(C)CC3)cc12. The molecule has 1 aromatic carbocycles. The fourth-order valence-corrected chi connectivity index (χ4v) is 8.61. The number of amides is 2. The number of piperazine rings is 1. The van der Waals surface area contributed by atoms with Crippen LogP contribution in [0.4, 0.5) is 5.69 Å². The predicted molar refractivity (Wildman–Crippen MR) is 147 cm³/mol. The Morgan fingerprint density at radius 1 is 1.18 bits per heavy atom. The van der Waals surface area contributed by atoms with Gasteiger partial charge in [-0.05, 0) is 37.2 Å². The van der Waals surface area contributed by atoms with Gasteiger partial charge in [-0.3, -0.25) is 14.4 Å². The summed E-state index contributed by atoms with van der Waals surface area (Å²) in [6.07, 6.45) is 2.39. The van der Waals surface area contributed by atoms with Crippen molar-refractivity contribution in [1.29, 1.82) is 0 Å². The molecule has 1 aromatic heterocycles. The predicted octanol–water partition coefficient (Wildman–Crippen LogP) is 1.38. The summed E-state index contributed by atoms with van der Waals surface area (Å²) in [5, 5.41) is 0.641. The normalized spacial score (nSPS) is 21.9. The van der Waals surface area contributed by atoms with Crippen molar-refractivity contribution in [1.82, 2.24) is 19.1 Å². The molecule has 210 valence electrons. The zero-order chi connectivity index (χ0) is 27.8. The third-order valence-corrected chi connectivity index (χ3v) is 11.6. The number of hydrogen-bond acceptors (Lipinski definition) is 10. The number of thiazole rings is 1. The molecule has 2 amide bonds. The van der Waals surface area contributed by atoms with Gasteiger partial charge in [-0.1, -0.05) is 11.8 Å². The van der Waals surface area contributed by atoms with Crippen LogP contribution in [0.1, 0.15) is 23.9 Å². The zero-order valence-corrected chi connectivity index (χ0v) is 24.3. The molecule has 2 fully saturated rings. The Kier molecular flexibility index (Phi) is 8.02. The number of rotatable bonds is 8. The molecule has 2 aromatic rings. The number of benzene rings is 1. The Labute approximate surface area is 236 Å². The first-order valence-electron chi connectivity index (χ1n) is 12.6. The molecule has 0 aliphatic carbocycles. The van der Waals surface area contributed by atoms with E-state index >= 15 is 0 Å². The number of likely N-dealkylation sites (N-methyl/N-ethyl adjacent to an activating group) is 1. The molecule has 0 saturated carbocycles. The Morgan fingerprint density at radius 3 is 2.64 bits per heavy atom. The standard InChI is InChI=1S/C25H31N5O6S3/c1-18(32)28-6-5-25(14-28)15-30(23(33)12-22-26-13-24(38-22)37-17-36-16-31)21-4-3-19(11-20(21)25)39(34,35)29-9-7-27(2)8-10-29/h3-4,11,13,16H,5-10,12,14-15,17H2,1-2H3. The maximum absolute atomic E-state index is 13.6. The van der Waals surface area contributed by atoms with Crippen LogP contribution in [0.25, 0.3) is 0 Å². The van der Waals surface area contributed by atoms with E-state index in [9.17, 15) is 22.8 Å². The molecule has 0 radical (unpaired) electrons. The fraction of sp³-hybridized carbons (Fsp3) is 0.520. The summed E-state index contributed by atoms with van der Waals surface area (Å²) >= 11 is 2.69. The van der Waals surface area contributed by atoms with Gasteiger partial charge in [-0.2, -0.15) is 4.31 Å². The molecule has 1 unspecified atom stereocenters. The highest BCUT2D eigenvalue weighted by atomic mass is 32.2. The van der Waals surface area contributed by atoms with Crippen molar-refractivity contribution in [3.63, 3.8) is 0 Å². The van der Waals surface area contributed by atoms with Crippen LogP contribution in [-0.4, -0.2) is 105 Å². The van der Waals surface area contributed by atoms with Crippen LogP contribution in [0.2, 0.25) is 0 Å². The summed E-state index contributed by atoms with van der Waals surface area (Å²) < 4.78 is 34.2. The third kappa shape index (κ3) is 5.57. The number of thioether (sulfide) groups is 1. The van der Waals surface area contributed by atoms with Gasteiger partial charge in [-0.25, -0.2) is 13.4 Å². The van der Waals surface area contributed by atoms with Crippen molar-refractivity contribution in [3.05, 3.63) is 35.0 Å². The van der Waals surface area contributed by atoms with Crippen LogP contribution in [0.3, 0.4) is 0 Å². The molecule has 2 saturated heterocycles. The van der Waals surface area contributed by atoms with Gasteiger partial charge in [0, 0.05) is 63.8 Å². The van der Waals surface area contributed by atoms with Crippen LogP contribution in [0.5, 0.6) is 0 Å². The highest BCUT2D eigenvalue weighted by Crippen LogP contribution is 2.47. The average Bonchev–Trinajstić information content (AvgIpc) is 3.63. The van der Waals surface area contributed by atoms with Crippen molar-refractivity contribution in [2.75, 3.05) is 63.7 Å². The number of aromatic nitrogens is 1. The lowest BCUT2D eigenvalue weighted by atomic mass is 9.81. The summed E-state index contributed by atoms with van der Waals surface area (Å²) in [7, 11) is -1.72. The second-order valence-corrected chi connectivity index (χ2v) is 14.4. The van der Waals surface area contributed by atoms with E-state index in [-0.39, 0.29) is 29.1 Å². The second kappa shape index (κ2) is 11.2. The number of hydrogen-bond donors (Lipinski definition) is 0. The van der Waals surface area contributed by atoms with E-state index < -0.39 is 15.4 Å². The van der Waals surface area contributed by atoms with Gasteiger partial charge in [0.05, 0.1) is 21.7 Å². The van der Waals surface area contributed by atoms with Gasteiger partial charge in [0.2, 0.25) is 21.8 Å². The molecule has 11 nitrogen and oxygen atoms in total. The number of carbonyl (C=O) groups is 3. The number of anilines is 1. The smallest absolute Gasteiger partial charge is 0.293 e. The highest BCUT2D eigenvalue weighted by molar-refractivity contribution is 8.01. The second-order valence-electron chi connectivity index (χ2n) is 10.1. The topological polar surface area (TPSA) is 120 Å². The number of likely N-dealkylation sites (tertiary alicyclic amines) is 1. The zero-order valence-electron chi connectivity index (χ0n) is 21.9. The quantitative estimate of drug-likeness (QED) is 0.193. The molecule has 14 heteroatoms. The molecule has 3 aliphatic heterocycles. The van der Waals surface area contributed by atoms with Crippen molar-refractivity contribution in [2.45, 2.75) is 34.3 Å². The third-order valence-electron chi connectivity index (χ3n) is 7.66. The van der Waals surface area contributed by atoms with Crippen LogP contribution >= 0.6 is 23.1 Å². The van der Waals surface area contributed by atoms with Gasteiger partial charge < -0.3 is 19.4 Å². The molecule has 0 N–H and O–H groups in total. The van der Waals surface area contributed by atoms with Crippen LogP contribution in [0, 0.1) is 0 Å². The minimum atomic E-state index is -3.70. The van der Waals surface area contributed by atoms with Gasteiger partial charge in [0.15, 0.2) is 0 Å². The maximum atomic E-state index is 13.6. The average molecular weight is 594 g/mol. The Hall–Kier alpha value is -2.52. The van der Waals surface area contributed by atoms with Crippen molar-refractivity contribution >= 4 is 57.1 Å². The number of ether oxygens (including phenoxy) is 1. The lowest BCUT2D eigenvalue weighted by molar-refractivity contribution is -0.128. The molecule has 1 spiro atoms. The number of nitrogens with zero attached hydrogens (tertiary/aromatic N) is 5. The first-order chi connectivity index (χ1) is 18.6. The number of sulfonamides is 1. The van der Waals surface area contributed by atoms with E-state index in [1.54, 1.807) is 34.2 Å². The summed E-state index contributed by atoms with van der Waals surface area (Å²) in [5.41, 5.74) is 0.963. The van der Waals surface area contributed by atoms with Crippen LogP contribution < -0.4 is 4.90 Å². The van der Waals surface area contributed by atoms with Crippen molar-refractivity contribution < 1.29 is 27.5 Å². The lowest BCUT2D eigenvalue weighted by Crippen LogP contribution is -2.47. The van der Waals surface area contributed by atoms with E-state index in [2.05, 4.69) is 9.88 Å². The van der Waals surface area contributed by atoms with Gasteiger partial charge >= 0.3 is 0 Å². The van der Waals surface area contributed by atoms with Crippen molar-refractivity contribution in [2.24, 2.45) is 0 Å². The Bertz CT molecular complexity index is 1370. The highest BCUT2D eigenvalue weighted by Gasteiger charge is 2.50. The molecule has 3 aliphatic rings. The first-order valence-corrected chi connectivity index (χ1v) is 15.9.